The second kappa shape index (κ2) is 9.61. The van der Waals surface area contributed by atoms with Crippen molar-refractivity contribution >= 4 is 17.2 Å². The highest BCUT2D eigenvalue weighted by Gasteiger charge is 2.45. The molecule has 0 spiro atoms. The highest BCUT2D eigenvalue weighted by atomic mass is 32.1. The first-order valence-corrected chi connectivity index (χ1v) is 13.7. The van der Waals surface area contributed by atoms with Crippen LogP contribution >= 0.6 is 11.3 Å². The number of carbonyl (C=O) groups is 1. The number of halogens is 4. The molecule has 0 bridgehead atoms. The summed E-state index contributed by atoms with van der Waals surface area (Å²) < 4.78 is 58.6. The zero-order valence-electron chi connectivity index (χ0n) is 21.0. The summed E-state index contributed by atoms with van der Waals surface area (Å²) in [5.74, 6) is -0.983. The maximum absolute atomic E-state index is 15.5. The van der Waals surface area contributed by atoms with Gasteiger partial charge in [0.25, 0.3) is 0 Å². The Hall–Kier alpha value is -3.49. The minimum atomic E-state index is -4.79. The Kier molecular flexibility index (Phi) is 6.35. The summed E-state index contributed by atoms with van der Waals surface area (Å²) in [6.07, 6.45) is 2.02. The van der Waals surface area contributed by atoms with Crippen molar-refractivity contribution < 1.29 is 22.4 Å². The molecule has 1 N–H and O–H groups in total. The van der Waals surface area contributed by atoms with Crippen LogP contribution in [0.15, 0.2) is 42.6 Å². The normalized spacial score (nSPS) is 24.1. The van der Waals surface area contributed by atoms with Crippen LogP contribution in [0.25, 0.3) is 11.1 Å². The molecule has 2 fully saturated rings. The molecule has 0 radical (unpaired) electrons. The van der Waals surface area contributed by atoms with Crippen molar-refractivity contribution in [2.75, 3.05) is 6.54 Å². The standard InChI is InChI=1S/C28H25F4N5OS/c1-2-37-13-21(27(35-37)28(30,31)32)26-18(4-3-5-22(26)29)20-12-36(14-24-19(20)10-17(11-33)39-24)25(38)7-6-16-8-15-9-23(15)34-16/h3-7,10,13,15-16,20,23,34H,2,8-9,12,14H2,1H3/b7-6+/t15-,16-,20+,23+/m1/s1. The smallest absolute Gasteiger partial charge is 0.333 e. The van der Waals surface area contributed by atoms with Gasteiger partial charge in [-0.1, -0.05) is 18.2 Å². The molecule has 202 valence electrons. The average Bonchev–Trinajstić information content (AvgIpc) is 3.28. The molecule has 2 aliphatic heterocycles. The zero-order valence-corrected chi connectivity index (χ0v) is 21.8. The topological polar surface area (TPSA) is 74.0 Å². The first kappa shape index (κ1) is 25.8. The Morgan fingerprint density at radius 1 is 1.31 bits per heavy atom. The molecule has 6 nitrogen and oxygen atoms in total. The molecule has 1 aliphatic carbocycles. The molecule has 1 saturated heterocycles. The van der Waals surface area contributed by atoms with E-state index < -0.39 is 23.6 Å². The fourth-order valence-corrected chi connectivity index (χ4v) is 6.85. The lowest BCUT2D eigenvalue weighted by molar-refractivity contribution is -0.141. The van der Waals surface area contributed by atoms with Crippen molar-refractivity contribution in [3.8, 4) is 17.2 Å². The molecule has 1 saturated carbocycles. The van der Waals surface area contributed by atoms with E-state index >= 15 is 4.39 Å². The van der Waals surface area contributed by atoms with Gasteiger partial charge in [0.2, 0.25) is 5.91 Å². The monoisotopic (exact) mass is 555 g/mol. The third-order valence-corrected chi connectivity index (χ3v) is 8.84. The van der Waals surface area contributed by atoms with Gasteiger partial charge in [0.15, 0.2) is 5.69 Å². The summed E-state index contributed by atoms with van der Waals surface area (Å²) in [6, 6.07) is 8.69. The van der Waals surface area contributed by atoms with Crippen LogP contribution in [-0.2, 0) is 24.1 Å². The van der Waals surface area contributed by atoms with Crippen LogP contribution in [0.1, 0.15) is 52.3 Å². The van der Waals surface area contributed by atoms with E-state index in [2.05, 4.69) is 16.5 Å². The molecule has 1 aromatic carbocycles. The summed E-state index contributed by atoms with van der Waals surface area (Å²) >= 11 is 1.24. The van der Waals surface area contributed by atoms with Gasteiger partial charge in [-0.3, -0.25) is 9.48 Å². The van der Waals surface area contributed by atoms with Gasteiger partial charge in [-0.2, -0.15) is 23.5 Å². The lowest BCUT2D eigenvalue weighted by Crippen LogP contribution is -2.37. The van der Waals surface area contributed by atoms with Gasteiger partial charge in [-0.15, -0.1) is 11.3 Å². The number of piperidine rings is 1. The van der Waals surface area contributed by atoms with Gasteiger partial charge in [0.1, 0.15) is 16.8 Å². The Morgan fingerprint density at radius 2 is 2.13 bits per heavy atom. The Labute approximate surface area is 226 Å². The van der Waals surface area contributed by atoms with Gasteiger partial charge < -0.3 is 10.2 Å². The number of hydrogen-bond donors (Lipinski definition) is 1. The second-order valence-electron chi connectivity index (χ2n) is 10.3. The number of benzene rings is 1. The van der Waals surface area contributed by atoms with Crippen LogP contribution < -0.4 is 5.32 Å². The molecule has 6 rings (SSSR count). The largest absolute Gasteiger partial charge is 0.435 e. The van der Waals surface area contributed by atoms with Gasteiger partial charge >= 0.3 is 6.18 Å². The minimum absolute atomic E-state index is 0.140. The van der Waals surface area contributed by atoms with Crippen LogP contribution in [0.5, 0.6) is 0 Å². The number of fused-ring (bicyclic) bond motifs is 2. The molecule has 4 heterocycles. The molecule has 2 aromatic heterocycles. The van der Waals surface area contributed by atoms with E-state index in [9.17, 15) is 23.2 Å². The van der Waals surface area contributed by atoms with Gasteiger partial charge in [-0.05, 0) is 48.9 Å². The summed E-state index contributed by atoms with van der Waals surface area (Å²) in [6.45, 7) is 2.25. The van der Waals surface area contributed by atoms with Crippen molar-refractivity contribution in [2.45, 2.75) is 57.0 Å². The summed E-state index contributed by atoms with van der Waals surface area (Å²) in [5, 5.41) is 16.7. The van der Waals surface area contributed by atoms with E-state index in [0.717, 1.165) is 27.6 Å². The van der Waals surface area contributed by atoms with Crippen LogP contribution in [0.4, 0.5) is 17.6 Å². The Morgan fingerprint density at radius 3 is 2.82 bits per heavy atom. The van der Waals surface area contributed by atoms with E-state index in [1.54, 1.807) is 30.0 Å². The van der Waals surface area contributed by atoms with Crippen LogP contribution in [0, 0.1) is 23.1 Å². The summed E-state index contributed by atoms with van der Waals surface area (Å²) in [4.78, 5) is 16.1. The number of nitrogens with zero attached hydrogens (tertiary/aromatic N) is 4. The first-order chi connectivity index (χ1) is 18.7. The molecule has 39 heavy (non-hydrogen) atoms. The number of alkyl halides is 3. The number of amides is 1. The van der Waals surface area contributed by atoms with E-state index in [1.165, 1.54) is 30.0 Å². The highest BCUT2D eigenvalue weighted by Crippen LogP contribution is 2.45. The van der Waals surface area contributed by atoms with Crippen LogP contribution in [0.3, 0.4) is 0 Å². The van der Waals surface area contributed by atoms with Crippen molar-refractivity contribution in [3.05, 3.63) is 75.0 Å². The lowest BCUT2D eigenvalue weighted by atomic mass is 9.83. The third-order valence-electron chi connectivity index (χ3n) is 7.80. The number of nitriles is 1. The predicted molar refractivity (Wildman–Crippen MR) is 137 cm³/mol. The molecule has 0 unspecified atom stereocenters. The predicted octanol–water partition coefficient (Wildman–Crippen LogP) is 5.44. The fourth-order valence-electron chi connectivity index (χ4n) is 5.82. The molecule has 1 amide bonds. The molecular formula is C28H25F4N5OS. The fraction of sp³-hybridized carbons (Fsp3) is 0.393. The summed E-state index contributed by atoms with van der Waals surface area (Å²) in [5.41, 5.74) is -0.648. The quantitative estimate of drug-likeness (QED) is 0.336. The number of carbonyl (C=O) groups excluding carboxylic acids is 1. The van der Waals surface area contributed by atoms with E-state index in [0.29, 0.717) is 22.4 Å². The van der Waals surface area contributed by atoms with Crippen molar-refractivity contribution in [3.63, 3.8) is 0 Å². The number of aromatic nitrogens is 2. The zero-order chi connectivity index (χ0) is 27.5. The Bertz CT molecular complexity index is 1510. The van der Waals surface area contributed by atoms with Crippen molar-refractivity contribution in [2.24, 2.45) is 5.92 Å². The van der Waals surface area contributed by atoms with E-state index in [4.69, 9.17) is 0 Å². The Balaban J connectivity index is 1.41. The minimum Gasteiger partial charge on any atom is -0.333 e. The molecule has 3 aliphatic rings. The van der Waals surface area contributed by atoms with Crippen LogP contribution in [-0.4, -0.2) is 39.2 Å². The van der Waals surface area contributed by atoms with Gasteiger partial charge in [-0.25, -0.2) is 4.39 Å². The molecule has 3 aromatic rings. The SMILES string of the molecule is CCn1cc(-c2c(F)cccc2[C@@H]2CN(C(=O)/C=C/[C@@H]3C[C@@H]4C[C@@H]4N3)Cc3sc(C#N)cc32)c(C(F)(F)F)n1. The average molecular weight is 556 g/mol. The number of aryl methyl sites for hydroxylation is 1. The van der Waals surface area contributed by atoms with Crippen molar-refractivity contribution in [1.82, 2.24) is 20.0 Å². The van der Waals surface area contributed by atoms with Crippen LogP contribution in [0.2, 0.25) is 0 Å². The maximum Gasteiger partial charge on any atom is 0.435 e. The van der Waals surface area contributed by atoms with Crippen molar-refractivity contribution in [1.29, 1.82) is 5.26 Å². The van der Waals surface area contributed by atoms with E-state index in [1.807, 2.05) is 6.08 Å². The highest BCUT2D eigenvalue weighted by molar-refractivity contribution is 7.12. The molecular weight excluding hydrogens is 530 g/mol. The number of nitrogens with one attached hydrogen (secondary N) is 1. The molecule has 4 atom stereocenters. The number of thiophene rings is 1. The lowest BCUT2D eigenvalue weighted by Gasteiger charge is -2.33. The first-order valence-electron chi connectivity index (χ1n) is 12.9. The molecule has 11 heteroatoms. The summed E-state index contributed by atoms with van der Waals surface area (Å²) in [7, 11) is 0. The van der Waals surface area contributed by atoms with Gasteiger partial charge in [0, 0.05) is 59.4 Å². The number of hydrogen-bond acceptors (Lipinski definition) is 5. The van der Waals surface area contributed by atoms with Gasteiger partial charge in [0.05, 0.1) is 6.54 Å². The van der Waals surface area contributed by atoms with E-state index in [-0.39, 0.29) is 42.7 Å². The third kappa shape index (κ3) is 4.76. The maximum atomic E-state index is 15.5. The second-order valence-corrected chi connectivity index (χ2v) is 11.4. The number of rotatable bonds is 5.